The van der Waals surface area contributed by atoms with Gasteiger partial charge in [0.25, 0.3) is 5.91 Å². The van der Waals surface area contributed by atoms with Crippen LogP contribution >= 0.6 is 0 Å². The van der Waals surface area contributed by atoms with Crippen molar-refractivity contribution in [2.45, 2.75) is 18.9 Å². The number of fused-ring (bicyclic) bond motifs is 1. The number of amides is 1. The van der Waals surface area contributed by atoms with Crippen molar-refractivity contribution in [3.8, 4) is 0 Å². The molecule has 2 aliphatic rings. The number of aromatic nitrogens is 2. The zero-order chi connectivity index (χ0) is 16.5. The Hall–Kier alpha value is -2.50. The van der Waals surface area contributed by atoms with Gasteiger partial charge >= 0.3 is 0 Å². The number of nitrogens with zero attached hydrogens (tertiary/aromatic N) is 3. The van der Waals surface area contributed by atoms with Gasteiger partial charge in [-0.1, -0.05) is 0 Å². The van der Waals surface area contributed by atoms with E-state index in [0.29, 0.717) is 23.4 Å². The molecule has 0 bridgehead atoms. The molecule has 4 rings (SSSR count). The van der Waals surface area contributed by atoms with E-state index in [4.69, 9.17) is 0 Å². The molecule has 1 N–H and O–H groups in total. The van der Waals surface area contributed by atoms with Crippen molar-refractivity contribution in [2.75, 3.05) is 18.4 Å². The van der Waals surface area contributed by atoms with Gasteiger partial charge in [-0.3, -0.25) is 9.78 Å². The highest BCUT2D eigenvalue weighted by molar-refractivity contribution is 5.94. The molecular formula is C18H19FN4O. The van der Waals surface area contributed by atoms with E-state index >= 15 is 0 Å². The van der Waals surface area contributed by atoms with Crippen molar-refractivity contribution >= 4 is 11.7 Å². The van der Waals surface area contributed by atoms with Crippen LogP contribution in [0, 0.1) is 17.7 Å². The summed E-state index contributed by atoms with van der Waals surface area (Å²) in [7, 11) is 0. The maximum absolute atomic E-state index is 13.0. The molecule has 0 radical (unpaired) electrons. The zero-order valence-electron chi connectivity index (χ0n) is 13.2. The summed E-state index contributed by atoms with van der Waals surface area (Å²) in [5.74, 6) is 1.40. The number of hydrogen-bond acceptors (Lipinski definition) is 4. The number of nitrogens with one attached hydrogen (secondary N) is 1. The normalized spacial score (nSPS) is 25.5. The second-order valence-corrected chi connectivity index (χ2v) is 6.56. The van der Waals surface area contributed by atoms with E-state index in [0.717, 1.165) is 31.7 Å². The lowest BCUT2D eigenvalue weighted by molar-refractivity contribution is 0.0780. The Kier molecular flexibility index (Phi) is 3.88. The molecule has 0 unspecified atom stereocenters. The molecular weight excluding hydrogens is 307 g/mol. The van der Waals surface area contributed by atoms with Crippen molar-refractivity contribution in [2.24, 2.45) is 11.8 Å². The van der Waals surface area contributed by atoms with Crippen LogP contribution in [-0.2, 0) is 0 Å². The average Bonchev–Trinajstić information content (AvgIpc) is 3.18. The SMILES string of the molecule is O=C(c1ccc(F)cc1)N1C[C@@H]2CC[C@@H](Nc3cnccn3)[C@@H]2C1. The van der Waals surface area contributed by atoms with Crippen molar-refractivity contribution in [3.05, 3.63) is 54.2 Å². The monoisotopic (exact) mass is 326 g/mol. The van der Waals surface area contributed by atoms with Gasteiger partial charge in [0, 0.05) is 43.0 Å². The van der Waals surface area contributed by atoms with Crippen LogP contribution < -0.4 is 5.32 Å². The average molecular weight is 326 g/mol. The smallest absolute Gasteiger partial charge is 0.253 e. The van der Waals surface area contributed by atoms with Crippen LogP contribution in [-0.4, -0.2) is 39.9 Å². The number of hydrogen-bond donors (Lipinski definition) is 1. The lowest BCUT2D eigenvalue weighted by Gasteiger charge is -2.22. The number of carbonyl (C=O) groups excluding carboxylic acids is 1. The third-order valence-electron chi connectivity index (χ3n) is 5.13. The van der Waals surface area contributed by atoms with Gasteiger partial charge < -0.3 is 10.2 Å². The van der Waals surface area contributed by atoms with Gasteiger partial charge in [0.05, 0.1) is 6.20 Å². The van der Waals surface area contributed by atoms with Gasteiger partial charge in [0.15, 0.2) is 0 Å². The molecule has 2 fully saturated rings. The molecule has 1 amide bonds. The highest BCUT2D eigenvalue weighted by Gasteiger charge is 2.44. The number of anilines is 1. The molecule has 1 aliphatic heterocycles. The summed E-state index contributed by atoms with van der Waals surface area (Å²) in [4.78, 5) is 22.9. The molecule has 1 aromatic heterocycles. The van der Waals surface area contributed by atoms with E-state index in [1.165, 1.54) is 12.1 Å². The maximum atomic E-state index is 13.0. The minimum absolute atomic E-state index is 0.0114. The van der Waals surface area contributed by atoms with Gasteiger partial charge in [0.1, 0.15) is 11.6 Å². The van der Waals surface area contributed by atoms with Crippen molar-refractivity contribution in [1.29, 1.82) is 0 Å². The number of likely N-dealkylation sites (tertiary alicyclic amines) is 1. The Morgan fingerprint density at radius 3 is 2.75 bits per heavy atom. The molecule has 0 spiro atoms. The van der Waals surface area contributed by atoms with E-state index in [2.05, 4.69) is 15.3 Å². The molecule has 24 heavy (non-hydrogen) atoms. The van der Waals surface area contributed by atoms with E-state index in [1.54, 1.807) is 30.7 Å². The van der Waals surface area contributed by atoms with Crippen LogP contribution in [0.4, 0.5) is 10.2 Å². The summed E-state index contributed by atoms with van der Waals surface area (Å²) < 4.78 is 13.0. The van der Waals surface area contributed by atoms with Crippen LogP contribution in [0.25, 0.3) is 0 Å². The number of rotatable bonds is 3. The Labute approximate surface area is 139 Å². The minimum Gasteiger partial charge on any atom is -0.366 e. The third-order valence-corrected chi connectivity index (χ3v) is 5.13. The number of carbonyl (C=O) groups is 1. The third kappa shape index (κ3) is 2.84. The Morgan fingerprint density at radius 2 is 2.00 bits per heavy atom. The first-order valence-electron chi connectivity index (χ1n) is 8.28. The van der Waals surface area contributed by atoms with Crippen LogP contribution in [0.15, 0.2) is 42.9 Å². The molecule has 1 saturated carbocycles. The summed E-state index contributed by atoms with van der Waals surface area (Å²) in [6, 6.07) is 6.10. The van der Waals surface area contributed by atoms with Gasteiger partial charge in [0.2, 0.25) is 0 Å². The largest absolute Gasteiger partial charge is 0.366 e. The van der Waals surface area contributed by atoms with E-state index in [-0.39, 0.29) is 11.7 Å². The predicted molar refractivity (Wildman–Crippen MR) is 88.0 cm³/mol. The fraction of sp³-hybridized carbons (Fsp3) is 0.389. The second kappa shape index (κ2) is 6.19. The van der Waals surface area contributed by atoms with E-state index in [9.17, 15) is 9.18 Å². The van der Waals surface area contributed by atoms with E-state index < -0.39 is 0 Å². The number of halogens is 1. The topological polar surface area (TPSA) is 58.1 Å². The fourth-order valence-corrected chi connectivity index (χ4v) is 3.95. The Balaban J connectivity index is 1.44. The second-order valence-electron chi connectivity index (χ2n) is 6.56. The molecule has 2 heterocycles. The van der Waals surface area contributed by atoms with Gasteiger partial charge in [-0.2, -0.15) is 0 Å². The highest BCUT2D eigenvalue weighted by Crippen LogP contribution is 2.39. The van der Waals surface area contributed by atoms with Crippen LogP contribution in [0.2, 0.25) is 0 Å². The summed E-state index contributed by atoms with van der Waals surface area (Å²) in [6.45, 7) is 1.51. The highest BCUT2D eigenvalue weighted by atomic mass is 19.1. The molecule has 2 aromatic rings. The van der Waals surface area contributed by atoms with Crippen LogP contribution in [0.1, 0.15) is 23.2 Å². The summed E-state index contributed by atoms with van der Waals surface area (Å²) in [5, 5.41) is 3.46. The predicted octanol–water partition coefficient (Wildman–Crippen LogP) is 2.58. The van der Waals surface area contributed by atoms with Gasteiger partial charge in [-0.15, -0.1) is 0 Å². The lowest BCUT2D eigenvalue weighted by Crippen LogP contribution is -2.33. The maximum Gasteiger partial charge on any atom is 0.253 e. The Morgan fingerprint density at radius 1 is 1.17 bits per heavy atom. The van der Waals surface area contributed by atoms with Gasteiger partial charge in [-0.05, 0) is 43.0 Å². The first kappa shape index (κ1) is 15.1. The number of benzene rings is 1. The van der Waals surface area contributed by atoms with E-state index in [1.807, 2.05) is 4.90 Å². The minimum atomic E-state index is -0.321. The first-order valence-corrected chi connectivity index (χ1v) is 8.28. The zero-order valence-corrected chi connectivity index (χ0v) is 13.2. The summed E-state index contributed by atoms with van der Waals surface area (Å²) >= 11 is 0. The molecule has 1 aliphatic carbocycles. The standard InChI is InChI=1S/C18H19FN4O/c19-14-4-1-12(2-5-14)18(24)23-10-13-3-6-16(15(13)11-23)22-17-9-20-7-8-21-17/h1-2,4-5,7-9,13,15-16H,3,6,10-11H2,(H,21,22)/t13-,15+,16+/m0/s1. The summed E-state index contributed by atoms with van der Waals surface area (Å²) in [5.41, 5.74) is 0.551. The molecule has 5 nitrogen and oxygen atoms in total. The quantitative estimate of drug-likeness (QED) is 0.942. The van der Waals surface area contributed by atoms with Crippen LogP contribution in [0.3, 0.4) is 0 Å². The van der Waals surface area contributed by atoms with Crippen molar-refractivity contribution in [1.82, 2.24) is 14.9 Å². The van der Waals surface area contributed by atoms with Crippen molar-refractivity contribution in [3.63, 3.8) is 0 Å². The Bertz CT molecular complexity index is 722. The first-order chi connectivity index (χ1) is 11.7. The fourth-order valence-electron chi connectivity index (χ4n) is 3.95. The molecule has 3 atom stereocenters. The molecule has 6 heteroatoms. The van der Waals surface area contributed by atoms with Crippen LogP contribution in [0.5, 0.6) is 0 Å². The summed E-state index contributed by atoms with van der Waals surface area (Å²) in [6.07, 6.45) is 7.25. The molecule has 1 saturated heterocycles. The molecule has 124 valence electrons. The van der Waals surface area contributed by atoms with Gasteiger partial charge in [-0.25, -0.2) is 9.37 Å². The van der Waals surface area contributed by atoms with Crippen molar-refractivity contribution < 1.29 is 9.18 Å². The molecule has 1 aromatic carbocycles. The lowest BCUT2D eigenvalue weighted by atomic mass is 9.98.